The maximum atomic E-state index is 11.0. The fourth-order valence-corrected chi connectivity index (χ4v) is 2.27. The lowest BCUT2D eigenvalue weighted by Gasteiger charge is -2.21. The molecule has 2 unspecified atom stereocenters. The maximum absolute atomic E-state index is 11.0. The number of aryl methyl sites for hydroxylation is 1. The van der Waals surface area contributed by atoms with Gasteiger partial charge in [-0.1, -0.05) is 6.92 Å². The molecule has 2 aromatic rings. The van der Waals surface area contributed by atoms with E-state index < -0.39 is 5.97 Å². The van der Waals surface area contributed by atoms with Gasteiger partial charge in [-0.2, -0.15) is 0 Å². The van der Waals surface area contributed by atoms with Crippen molar-refractivity contribution in [3.8, 4) is 0 Å². The van der Waals surface area contributed by atoms with Crippen LogP contribution in [0.4, 0.5) is 0 Å². The molecule has 0 amide bonds. The second-order valence-corrected chi connectivity index (χ2v) is 4.94. The molecule has 5 heteroatoms. The highest BCUT2D eigenvalue weighted by atomic mass is 16.4. The van der Waals surface area contributed by atoms with Crippen molar-refractivity contribution in [1.29, 1.82) is 0 Å². The molecule has 0 aliphatic rings. The third-order valence-corrected chi connectivity index (χ3v) is 3.63. The molecule has 1 aromatic carbocycles. The van der Waals surface area contributed by atoms with E-state index in [1.807, 2.05) is 25.3 Å². The fourth-order valence-electron chi connectivity index (χ4n) is 2.27. The monoisotopic (exact) mass is 262 g/mol. The van der Waals surface area contributed by atoms with Crippen LogP contribution < -0.4 is 0 Å². The Hall–Kier alpha value is -1.88. The number of nitrogens with zero attached hydrogens (tertiary/aromatic N) is 2. The minimum atomic E-state index is -0.953. The summed E-state index contributed by atoms with van der Waals surface area (Å²) in [5.74, 6) is -0.0218. The van der Waals surface area contributed by atoms with Crippen molar-refractivity contribution >= 4 is 17.0 Å². The number of hydrogen-bond donors (Lipinski definition) is 2. The van der Waals surface area contributed by atoms with Gasteiger partial charge in [-0.25, -0.2) is 9.78 Å². The van der Waals surface area contributed by atoms with E-state index in [-0.39, 0.29) is 24.1 Å². The second-order valence-electron chi connectivity index (χ2n) is 4.94. The number of hydrogen-bond acceptors (Lipinski definition) is 3. The highest BCUT2D eigenvalue weighted by molar-refractivity contribution is 5.92. The number of aliphatic hydroxyl groups excluding tert-OH is 1. The van der Waals surface area contributed by atoms with Gasteiger partial charge in [-0.3, -0.25) is 0 Å². The van der Waals surface area contributed by atoms with Crippen LogP contribution in [-0.2, 0) is 0 Å². The summed E-state index contributed by atoms with van der Waals surface area (Å²) >= 11 is 0. The van der Waals surface area contributed by atoms with Gasteiger partial charge in [0.05, 0.1) is 16.6 Å². The zero-order valence-electron chi connectivity index (χ0n) is 11.3. The van der Waals surface area contributed by atoms with E-state index in [4.69, 9.17) is 5.11 Å². The zero-order chi connectivity index (χ0) is 14.2. The van der Waals surface area contributed by atoms with Crippen molar-refractivity contribution in [3.05, 3.63) is 29.6 Å². The summed E-state index contributed by atoms with van der Waals surface area (Å²) < 4.78 is 2.04. The Morgan fingerprint density at radius 1 is 1.42 bits per heavy atom. The molecule has 0 fully saturated rings. The third-order valence-electron chi connectivity index (χ3n) is 3.63. The van der Waals surface area contributed by atoms with E-state index in [1.54, 1.807) is 18.2 Å². The third kappa shape index (κ3) is 2.33. The number of rotatable bonds is 4. The molecular weight excluding hydrogens is 244 g/mol. The zero-order valence-corrected chi connectivity index (χ0v) is 11.3. The van der Waals surface area contributed by atoms with Gasteiger partial charge >= 0.3 is 5.97 Å². The highest BCUT2D eigenvalue weighted by Crippen LogP contribution is 2.26. The van der Waals surface area contributed by atoms with Crippen molar-refractivity contribution < 1.29 is 15.0 Å². The van der Waals surface area contributed by atoms with Crippen LogP contribution in [0.25, 0.3) is 11.0 Å². The summed E-state index contributed by atoms with van der Waals surface area (Å²) in [7, 11) is 0. The van der Waals surface area contributed by atoms with Crippen LogP contribution in [0.15, 0.2) is 18.2 Å². The van der Waals surface area contributed by atoms with E-state index in [1.165, 1.54) is 0 Å². The average molecular weight is 262 g/mol. The number of carbonyl (C=O) groups is 1. The van der Waals surface area contributed by atoms with Gasteiger partial charge in [-0.15, -0.1) is 0 Å². The average Bonchev–Trinajstić information content (AvgIpc) is 2.71. The number of aliphatic hydroxyl groups is 1. The van der Waals surface area contributed by atoms with E-state index in [2.05, 4.69) is 4.98 Å². The molecular formula is C14H18N2O3. The second kappa shape index (κ2) is 5.01. The number of carboxylic acids is 1. The molecule has 0 spiro atoms. The van der Waals surface area contributed by atoms with Crippen molar-refractivity contribution in [1.82, 2.24) is 9.55 Å². The van der Waals surface area contributed by atoms with Crippen LogP contribution in [0.2, 0.25) is 0 Å². The molecule has 0 aliphatic heterocycles. The van der Waals surface area contributed by atoms with E-state index in [9.17, 15) is 9.90 Å². The highest BCUT2D eigenvalue weighted by Gasteiger charge is 2.19. The van der Waals surface area contributed by atoms with Crippen LogP contribution >= 0.6 is 0 Å². The predicted molar refractivity (Wildman–Crippen MR) is 72.4 cm³/mol. The Bertz CT molecular complexity index is 618. The van der Waals surface area contributed by atoms with Gasteiger partial charge in [0, 0.05) is 12.6 Å². The first kappa shape index (κ1) is 13.5. The summed E-state index contributed by atoms with van der Waals surface area (Å²) in [6.07, 6.45) is 0. The number of benzene rings is 1. The minimum absolute atomic E-state index is 0.102. The van der Waals surface area contributed by atoms with Crippen molar-refractivity contribution in [3.63, 3.8) is 0 Å². The Kier molecular flexibility index (Phi) is 3.57. The van der Waals surface area contributed by atoms with Crippen LogP contribution in [0.5, 0.6) is 0 Å². The first-order chi connectivity index (χ1) is 8.95. The lowest BCUT2D eigenvalue weighted by molar-refractivity contribution is 0.0697. The van der Waals surface area contributed by atoms with Crippen LogP contribution in [0, 0.1) is 12.8 Å². The minimum Gasteiger partial charge on any atom is -0.478 e. The van der Waals surface area contributed by atoms with E-state index in [0.717, 1.165) is 11.3 Å². The number of aromatic nitrogens is 2. The Morgan fingerprint density at radius 3 is 2.68 bits per heavy atom. The normalized spacial score (nSPS) is 14.5. The van der Waals surface area contributed by atoms with Crippen molar-refractivity contribution in [2.75, 3.05) is 6.61 Å². The Labute approximate surface area is 111 Å². The van der Waals surface area contributed by atoms with Gasteiger partial charge in [0.15, 0.2) is 0 Å². The van der Waals surface area contributed by atoms with Gasteiger partial charge in [-0.05, 0) is 38.0 Å². The first-order valence-corrected chi connectivity index (χ1v) is 6.28. The lowest BCUT2D eigenvalue weighted by Crippen LogP contribution is -2.18. The molecule has 0 bridgehead atoms. The lowest BCUT2D eigenvalue weighted by atomic mass is 10.0. The van der Waals surface area contributed by atoms with Crippen molar-refractivity contribution in [2.45, 2.75) is 26.8 Å². The predicted octanol–water partition coefficient (Wildman–Crippen LogP) is 2.23. The molecule has 1 heterocycles. The summed E-state index contributed by atoms with van der Waals surface area (Å²) in [5, 5.41) is 18.3. The van der Waals surface area contributed by atoms with E-state index >= 15 is 0 Å². The molecule has 0 aliphatic carbocycles. The Morgan fingerprint density at radius 2 is 2.11 bits per heavy atom. The first-order valence-electron chi connectivity index (χ1n) is 6.28. The molecule has 1 aromatic heterocycles. The summed E-state index contributed by atoms with van der Waals surface area (Å²) in [6.45, 7) is 6.00. The van der Waals surface area contributed by atoms with Crippen LogP contribution in [0.3, 0.4) is 0 Å². The van der Waals surface area contributed by atoms with Crippen LogP contribution in [0.1, 0.15) is 36.1 Å². The number of imidazole rings is 1. The molecule has 2 atom stereocenters. The molecule has 2 N–H and O–H groups in total. The van der Waals surface area contributed by atoms with Gasteiger partial charge < -0.3 is 14.8 Å². The smallest absolute Gasteiger partial charge is 0.335 e. The summed E-state index contributed by atoms with van der Waals surface area (Å²) in [6, 6.07) is 5.04. The van der Waals surface area contributed by atoms with E-state index in [0.29, 0.717) is 5.52 Å². The molecule has 19 heavy (non-hydrogen) atoms. The molecule has 102 valence electrons. The fraction of sp³-hybridized carbons (Fsp3) is 0.429. The van der Waals surface area contributed by atoms with Crippen molar-refractivity contribution in [2.24, 2.45) is 5.92 Å². The SMILES string of the molecule is Cc1nc2cc(C(=O)O)ccc2n1C(C)C(C)CO. The van der Waals surface area contributed by atoms with Gasteiger partial charge in [0.25, 0.3) is 0 Å². The summed E-state index contributed by atoms with van der Waals surface area (Å²) in [4.78, 5) is 15.4. The topological polar surface area (TPSA) is 75.3 Å². The molecule has 2 rings (SSSR count). The molecule has 0 saturated heterocycles. The number of aromatic carboxylic acids is 1. The van der Waals surface area contributed by atoms with Gasteiger partial charge in [0.2, 0.25) is 0 Å². The Balaban J connectivity index is 2.56. The quantitative estimate of drug-likeness (QED) is 0.886. The summed E-state index contributed by atoms with van der Waals surface area (Å²) in [5.41, 5.74) is 1.81. The molecule has 0 radical (unpaired) electrons. The number of fused-ring (bicyclic) bond motifs is 1. The van der Waals surface area contributed by atoms with Crippen LogP contribution in [-0.4, -0.2) is 32.3 Å². The maximum Gasteiger partial charge on any atom is 0.335 e. The number of carboxylic acid groups (broad SMARTS) is 1. The van der Waals surface area contributed by atoms with Gasteiger partial charge in [0.1, 0.15) is 5.82 Å². The standard InChI is InChI=1S/C14H18N2O3/c1-8(7-17)9(2)16-10(3)15-12-6-11(14(18)19)4-5-13(12)16/h4-6,8-9,17H,7H2,1-3H3,(H,18,19). The molecule has 5 nitrogen and oxygen atoms in total. The largest absolute Gasteiger partial charge is 0.478 e. The molecule has 0 saturated carbocycles.